The topological polar surface area (TPSA) is 128 Å². The number of hydrogen-bond donors (Lipinski definition) is 1. The van der Waals surface area contributed by atoms with Crippen LogP contribution in [0.25, 0.3) is 21.1 Å². The van der Waals surface area contributed by atoms with Gasteiger partial charge in [0, 0.05) is 36.3 Å². The summed E-state index contributed by atoms with van der Waals surface area (Å²) in [6.45, 7) is -5.21. The average Bonchev–Trinajstić information content (AvgIpc) is 4.24. The van der Waals surface area contributed by atoms with Crippen molar-refractivity contribution in [3.63, 3.8) is 0 Å². The Morgan fingerprint density at radius 1 is 0.585 bits per heavy atom. The zero-order chi connectivity index (χ0) is 59.5. The van der Waals surface area contributed by atoms with Gasteiger partial charge in [-0.1, -0.05) is 24.3 Å². The maximum absolute atomic E-state index is 13.1. The molecule has 4 aromatic carbocycles. The van der Waals surface area contributed by atoms with Gasteiger partial charge in [0.1, 0.15) is 51.8 Å². The smallest absolute Gasteiger partial charge is 1.00 e. The largest absolute Gasteiger partial charge is 1.00 e. The Balaban J connectivity index is 0.000000298. The predicted octanol–water partition coefficient (Wildman–Crippen LogP) is 12.2. The van der Waals surface area contributed by atoms with Gasteiger partial charge >= 0.3 is 67.5 Å². The number of nitriles is 2. The second-order valence-corrected chi connectivity index (χ2v) is 20.0. The van der Waals surface area contributed by atoms with E-state index in [4.69, 9.17) is 15.3 Å². The minimum Gasteiger partial charge on any atom is -1.00 e. The van der Waals surface area contributed by atoms with E-state index in [1.165, 1.54) is 47.7 Å². The van der Waals surface area contributed by atoms with Gasteiger partial charge in [0.05, 0.1) is 61.8 Å². The van der Waals surface area contributed by atoms with Gasteiger partial charge in [0.15, 0.2) is 0 Å². The molecule has 2 aliphatic rings. The molecule has 438 valence electrons. The third-order valence-electron chi connectivity index (χ3n) is 12.4. The molecule has 0 saturated carbocycles. The summed E-state index contributed by atoms with van der Waals surface area (Å²) < 4.78 is 230. The van der Waals surface area contributed by atoms with Crippen LogP contribution in [0.1, 0.15) is 70.5 Å². The van der Waals surface area contributed by atoms with Crippen molar-refractivity contribution in [1.29, 1.82) is 10.5 Å². The van der Waals surface area contributed by atoms with E-state index < -0.39 is 72.5 Å². The normalized spacial score (nSPS) is 14.9. The van der Waals surface area contributed by atoms with Crippen LogP contribution < -0.4 is 43.8 Å². The maximum atomic E-state index is 13.1. The minimum absolute atomic E-state index is 0. The number of likely N-dealkylation sites (tertiary alicyclic amines) is 2. The molecule has 6 aromatic rings. The number of alkyl halides is 16. The summed E-state index contributed by atoms with van der Waals surface area (Å²) in [6, 6.07) is 18.9. The molecule has 2 saturated heterocycles. The van der Waals surface area contributed by atoms with Crippen LogP contribution in [0.5, 0.6) is 17.2 Å². The number of thiazole rings is 2. The fraction of sp³-hybridized carbons (Fsp3) is 0.385. The fourth-order valence-electron chi connectivity index (χ4n) is 8.17. The number of aliphatic hydroxyl groups is 1. The van der Waals surface area contributed by atoms with Gasteiger partial charge in [-0.05, 0) is 100 Å². The molecule has 2 aliphatic heterocycles. The first kappa shape index (κ1) is 67.0. The van der Waals surface area contributed by atoms with Gasteiger partial charge in [-0.15, -0.1) is 22.7 Å². The zero-order valence-electron chi connectivity index (χ0n) is 43.5. The van der Waals surface area contributed by atoms with Gasteiger partial charge in [0.2, 0.25) is 0 Å². The monoisotopic (exact) mass is 1230 g/mol. The first-order chi connectivity index (χ1) is 38.0. The van der Waals surface area contributed by atoms with Crippen LogP contribution in [0.4, 0.5) is 74.6 Å². The number of benzene rings is 4. The number of piperidine rings is 2. The van der Waals surface area contributed by atoms with Gasteiger partial charge in [-0.3, -0.25) is 9.80 Å². The van der Waals surface area contributed by atoms with Crippen molar-refractivity contribution in [2.24, 2.45) is 11.8 Å². The number of rotatable bonds is 14. The first-order valence-electron chi connectivity index (χ1n) is 23.8. The van der Waals surface area contributed by atoms with Crippen LogP contribution in [0.15, 0.2) is 84.9 Å². The zero-order valence-corrected chi connectivity index (χ0v) is 46.1. The Kier molecular flexibility index (Phi) is 23.8. The van der Waals surface area contributed by atoms with E-state index in [0.717, 1.165) is 59.9 Å². The second-order valence-electron chi connectivity index (χ2n) is 17.8. The standard InChI is InChI=1S/C26H21F8N3O2S.C18H18F6N2OS.C8H4F3NO.Na.H/c27-24(28)39-21-11-19(6-3-16(21)12-35)38-14-22-20(13-37-9-7-18(8-10-37)26(32,33)34)36-23(40-22)15-1-4-17(5-2-15)25(29,30)31;19-17(20,21)12-3-1-11(2-4-12)16-25-14(15(10-27)28-16)9-26-7-5-13(6-8-26)18(22,23)24;9-6-2-1-5(4-12)7(3-6)13-8(10)11;;/h1-6,11,18,24H,7-10,13-14H2;1-4,13,27H,5-10H2;1-3,8H;;/q;;;+1;-1. The van der Waals surface area contributed by atoms with Crippen molar-refractivity contribution < 1.29 is 125 Å². The summed E-state index contributed by atoms with van der Waals surface area (Å²) in [7, 11) is 0. The van der Waals surface area contributed by atoms with Crippen molar-refractivity contribution in [3.8, 4) is 50.5 Å². The van der Waals surface area contributed by atoms with Crippen molar-refractivity contribution in [2.45, 2.75) is 89.9 Å². The quantitative estimate of drug-likeness (QED) is 0.0832. The van der Waals surface area contributed by atoms with Gasteiger partial charge in [-0.2, -0.15) is 80.8 Å². The Labute approximate surface area is 488 Å². The molecule has 82 heavy (non-hydrogen) atoms. The fourth-order valence-corrected chi connectivity index (χ4v) is 10.1. The molecule has 30 heteroatoms. The Bertz CT molecular complexity index is 3100. The van der Waals surface area contributed by atoms with Gasteiger partial charge in [0.25, 0.3) is 0 Å². The molecule has 0 aliphatic carbocycles. The third kappa shape index (κ3) is 19.4. The molecule has 0 amide bonds. The van der Waals surface area contributed by atoms with Crippen LogP contribution in [0.3, 0.4) is 0 Å². The summed E-state index contributed by atoms with van der Waals surface area (Å²) in [5, 5.41) is 27.9. The molecule has 8 rings (SSSR count). The van der Waals surface area contributed by atoms with Crippen LogP contribution in [0.2, 0.25) is 0 Å². The Hall–Kier alpha value is -5.79. The molecule has 4 heterocycles. The number of halogens is 17. The molecule has 0 atom stereocenters. The van der Waals surface area contributed by atoms with Crippen molar-refractivity contribution in [1.82, 2.24) is 19.8 Å². The molecule has 10 nitrogen and oxygen atoms in total. The van der Waals surface area contributed by atoms with E-state index in [1.54, 1.807) is 12.1 Å². The molecule has 1 N–H and O–H groups in total. The molecular weight excluding hydrogens is 1180 g/mol. The number of ether oxygens (including phenoxy) is 3. The molecule has 0 unspecified atom stereocenters. The molecule has 0 bridgehead atoms. The molecule has 2 fully saturated rings. The summed E-state index contributed by atoms with van der Waals surface area (Å²) >= 11 is 2.30. The van der Waals surface area contributed by atoms with Crippen LogP contribution in [-0.4, -0.2) is 76.6 Å². The number of aromatic nitrogens is 2. The second kappa shape index (κ2) is 29.1. The summed E-state index contributed by atoms with van der Waals surface area (Å²) in [4.78, 5) is 13.8. The molecule has 0 spiro atoms. The summed E-state index contributed by atoms with van der Waals surface area (Å²) in [5.74, 6) is -4.12. The number of nitrogens with zero attached hydrogens (tertiary/aromatic N) is 6. The number of aliphatic hydroxyl groups excluding tert-OH is 1. The summed E-state index contributed by atoms with van der Waals surface area (Å²) in [6.07, 6.45) is -17.5. The van der Waals surface area contributed by atoms with E-state index in [9.17, 15) is 79.7 Å². The molecule has 0 radical (unpaired) electrons. The van der Waals surface area contributed by atoms with Crippen molar-refractivity contribution >= 4 is 22.7 Å². The first-order valence-corrected chi connectivity index (χ1v) is 25.5. The van der Waals surface area contributed by atoms with E-state index >= 15 is 0 Å². The van der Waals surface area contributed by atoms with Crippen LogP contribution in [0, 0.1) is 40.3 Å². The number of hydrogen-bond acceptors (Lipinski definition) is 12. The SMILES string of the molecule is N#Cc1ccc(F)cc1OC(F)F.N#Cc1ccc(OCc2sc(-c3ccc(C(F)(F)F)cc3)nc2CN2CCC(C(F)(F)F)CC2)cc1OC(F)F.OCc1sc(-c2ccc(C(F)(F)F)cc2)nc1CN1CCC(C(F)(F)F)CC1.[H-].[Na+]. The third-order valence-corrected chi connectivity index (χ3v) is 14.7. The van der Waals surface area contributed by atoms with E-state index in [2.05, 4.69) is 19.4 Å². The Morgan fingerprint density at radius 2 is 0.976 bits per heavy atom. The van der Waals surface area contributed by atoms with Crippen LogP contribution in [-0.2, 0) is 38.7 Å². The minimum atomic E-state index is -4.51. The average molecular weight is 1230 g/mol. The Morgan fingerprint density at radius 3 is 1.35 bits per heavy atom. The van der Waals surface area contributed by atoms with Crippen molar-refractivity contribution in [2.75, 3.05) is 26.2 Å². The van der Waals surface area contributed by atoms with Gasteiger partial charge in [-0.25, -0.2) is 14.4 Å². The summed E-state index contributed by atoms with van der Waals surface area (Å²) in [5.41, 5.74) is 0.0901. The van der Waals surface area contributed by atoms with Crippen molar-refractivity contribution in [3.05, 3.63) is 134 Å². The molecular formula is C52H44F17N6NaO4S2. The van der Waals surface area contributed by atoms with E-state index in [-0.39, 0.29) is 125 Å². The van der Waals surface area contributed by atoms with E-state index in [0.29, 0.717) is 48.8 Å². The van der Waals surface area contributed by atoms with Gasteiger partial charge < -0.3 is 20.7 Å². The maximum Gasteiger partial charge on any atom is 1.00 e. The molecule has 2 aromatic heterocycles. The predicted molar refractivity (Wildman–Crippen MR) is 260 cm³/mol. The van der Waals surface area contributed by atoms with E-state index in [1.807, 2.05) is 9.80 Å². The van der Waals surface area contributed by atoms with Crippen LogP contribution >= 0.6 is 22.7 Å².